The van der Waals surface area contributed by atoms with E-state index in [1.54, 1.807) is 0 Å². The van der Waals surface area contributed by atoms with Gasteiger partial charge in [-0.25, -0.2) is 0 Å². The molecule has 34 heavy (non-hydrogen) atoms. The Hall–Kier alpha value is -0.530. The number of hydrogen-bond donors (Lipinski definition) is 1. The maximum absolute atomic E-state index is 11.6. The lowest BCUT2D eigenvalue weighted by Crippen LogP contribution is -2.13. The Morgan fingerprint density at radius 2 is 0.735 bits per heavy atom. The first kappa shape index (κ1) is 33.5. The third-order valence-corrected chi connectivity index (χ3v) is 7.59. The zero-order chi connectivity index (χ0) is 25.1. The van der Waals surface area contributed by atoms with E-state index in [-0.39, 0.29) is 5.92 Å². The molecule has 1 N–H and O–H groups in total. The summed E-state index contributed by atoms with van der Waals surface area (Å²) < 4.78 is 0. The molecule has 0 heterocycles. The van der Waals surface area contributed by atoms with E-state index in [1.807, 2.05) is 0 Å². The normalized spacial score (nSPS) is 12.5. The third kappa shape index (κ3) is 26.1. The molecule has 0 aromatic carbocycles. The molecule has 0 saturated heterocycles. The molecule has 0 fully saturated rings. The van der Waals surface area contributed by atoms with E-state index in [4.69, 9.17) is 0 Å². The number of rotatable bonds is 28. The number of unbranched alkanes of at least 4 members (excludes halogenated alkanes) is 21. The molecule has 0 radical (unpaired) electrons. The third-order valence-electron chi connectivity index (χ3n) is 7.59. The van der Waals surface area contributed by atoms with Crippen LogP contribution in [0.5, 0.6) is 0 Å². The molecule has 0 saturated carbocycles. The van der Waals surface area contributed by atoms with Crippen molar-refractivity contribution in [1.29, 1.82) is 0 Å². The quantitative estimate of drug-likeness (QED) is 0.113. The summed E-state index contributed by atoms with van der Waals surface area (Å²) in [7, 11) is 0. The lowest BCUT2D eigenvalue weighted by Gasteiger charge is -2.12. The van der Waals surface area contributed by atoms with Crippen LogP contribution < -0.4 is 0 Å². The second kappa shape index (κ2) is 27.1. The minimum absolute atomic E-state index is 0.0983. The van der Waals surface area contributed by atoms with Crippen LogP contribution in [0.1, 0.15) is 188 Å². The van der Waals surface area contributed by atoms with Gasteiger partial charge in [0.05, 0.1) is 5.92 Å². The van der Waals surface area contributed by atoms with Gasteiger partial charge in [0.15, 0.2) is 0 Å². The topological polar surface area (TPSA) is 37.3 Å². The van der Waals surface area contributed by atoms with Gasteiger partial charge in [-0.3, -0.25) is 4.79 Å². The summed E-state index contributed by atoms with van der Waals surface area (Å²) in [5.74, 6) is 0.204. The van der Waals surface area contributed by atoms with Crippen molar-refractivity contribution in [2.24, 2.45) is 11.8 Å². The Kier molecular flexibility index (Phi) is 26.6. The van der Waals surface area contributed by atoms with E-state index < -0.39 is 5.97 Å². The fraction of sp³-hybridized carbons (Fsp3) is 0.969. The highest BCUT2D eigenvalue weighted by Gasteiger charge is 2.16. The van der Waals surface area contributed by atoms with Gasteiger partial charge in [-0.05, 0) is 18.8 Å². The Balaban J connectivity index is 3.42. The molecule has 0 aliphatic heterocycles. The lowest BCUT2D eigenvalue weighted by molar-refractivity contribution is -0.142. The molecule has 0 aliphatic rings. The van der Waals surface area contributed by atoms with Gasteiger partial charge in [0.1, 0.15) is 0 Å². The van der Waals surface area contributed by atoms with Gasteiger partial charge in [-0.15, -0.1) is 0 Å². The molecule has 0 rings (SSSR count). The largest absolute Gasteiger partial charge is 0.481 e. The molecule has 0 amide bonds. The van der Waals surface area contributed by atoms with Gasteiger partial charge in [0.2, 0.25) is 0 Å². The molecule has 0 bridgehead atoms. The van der Waals surface area contributed by atoms with Crippen molar-refractivity contribution in [2.45, 2.75) is 188 Å². The van der Waals surface area contributed by atoms with Crippen LogP contribution in [0.15, 0.2) is 0 Å². The van der Waals surface area contributed by atoms with Crippen LogP contribution in [0, 0.1) is 11.8 Å². The maximum Gasteiger partial charge on any atom is 0.306 e. The number of aliphatic carboxylic acids is 1. The first-order chi connectivity index (χ1) is 16.6. The number of hydrogen-bond acceptors (Lipinski definition) is 1. The fourth-order valence-corrected chi connectivity index (χ4v) is 5.16. The molecule has 1 unspecified atom stereocenters. The predicted molar refractivity (Wildman–Crippen MR) is 152 cm³/mol. The smallest absolute Gasteiger partial charge is 0.306 e. The predicted octanol–water partition coefficient (Wildman–Crippen LogP) is 11.5. The Labute approximate surface area is 215 Å². The van der Waals surface area contributed by atoms with Crippen LogP contribution in [0.25, 0.3) is 0 Å². The summed E-state index contributed by atoms with van der Waals surface area (Å²) in [5, 5.41) is 9.55. The molecule has 0 aliphatic carbocycles. The molecule has 2 nitrogen and oxygen atoms in total. The number of carboxylic acid groups (broad SMARTS) is 1. The van der Waals surface area contributed by atoms with E-state index >= 15 is 0 Å². The summed E-state index contributed by atoms with van der Waals surface area (Å²) >= 11 is 0. The van der Waals surface area contributed by atoms with E-state index in [2.05, 4.69) is 20.8 Å². The monoisotopic (exact) mass is 480 g/mol. The minimum atomic E-state index is -0.559. The molecular weight excluding hydrogens is 416 g/mol. The van der Waals surface area contributed by atoms with Crippen molar-refractivity contribution < 1.29 is 9.90 Å². The van der Waals surface area contributed by atoms with E-state index in [0.29, 0.717) is 0 Å². The minimum Gasteiger partial charge on any atom is -0.481 e. The fourth-order valence-electron chi connectivity index (χ4n) is 5.16. The van der Waals surface area contributed by atoms with Crippen molar-refractivity contribution in [2.75, 3.05) is 0 Å². The van der Waals surface area contributed by atoms with E-state index in [1.165, 1.54) is 141 Å². The molecular formula is C32H64O2. The average Bonchev–Trinajstić information content (AvgIpc) is 2.80. The zero-order valence-electron chi connectivity index (χ0n) is 23.9. The molecule has 0 aromatic rings. The van der Waals surface area contributed by atoms with Gasteiger partial charge >= 0.3 is 5.97 Å². The van der Waals surface area contributed by atoms with Crippen LogP contribution in [0.4, 0.5) is 0 Å². The average molecular weight is 481 g/mol. The standard InChI is InChI=1S/C32H64O2/c1-4-5-6-7-8-9-10-13-16-19-22-25-28-31(32(33)34)29-26-23-20-17-14-11-12-15-18-21-24-27-30(2)3/h30-31H,4-29H2,1-3H3,(H,33,34). The number of carbonyl (C=O) groups is 1. The van der Waals surface area contributed by atoms with Crippen molar-refractivity contribution in [1.82, 2.24) is 0 Å². The summed E-state index contributed by atoms with van der Waals surface area (Å²) in [6, 6.07) is 0. The Morgan fingerprint density at radius 1 is 0.471 bits per heavy atom. The summed E-state index contributed by atoms with van der Waals surface area (Å²) in [5.41, 5.74) is 0. The number of carboxylic acids is 1. The Bertz CT molecular complexity index is 404. The van der Waals surface area contributed by atoms with Crippen molar-refractivity contribution in [3.8, 4) is 0 Å². The van der Waals surface area contributed by atoms with Crippen LogP contribution >= 0.6 is 0 Å². The molecule has 204 valence electrons. The zero-order valence-corrected chi connectivity index (χ0v) is 23.9. The second-order valence-electron chi connectivity index (χ2n) is 11.6. The molecule has 2 heteroatoms. The first-order valence-corrected chi connectivity index (χ1v) is 15.8. The highest BCUT2D eigenvalue weighted by molar-refractivity contribution is 5.69. The van der Waals surface area contributed by atoms with Gasteiger partial charge in [0.25, 0.3) is 0 Å². The molecule has 0 aromatic heterocycles. The Morgan fingerprint density at radius 3 is 1.00 bits per heavy atom. The van der Waals surface area contributed by atoms with Gasteiger partial charge in [0, 0.05) is 0 Å². The van der Waals surface area contributed by atoms with Crippen molar-refractivity contribution in [3.63, 3.8) is 0 Å². The van der Waals surface area contributed by atoms with Crippen LogP contribution in [-0.2, 0) is 4.79 Å². The highest BCUT2D eigenvalue weighted by atomic mass is 16.4. The van der Waals surface area contributed by atoms with E-state index in [9.17, 15) is 9.90 Å². The van der Waals surface area contributed by atoms with Gasteiger partial charge in [-0.2, -0.15) is 0 Å². The van der Waals surface area contributed by atoms with Crippen LogP contribution in [0.2, 0.25) is 0 Å². The SMILES string of the molecule is CCCCCCCCCCCCCCC(CCCCCCCCCCCCCC(C)C)C(=O)O. The maximum atomic E-state index is 11.6. The lowest BCUT2D eigenvalue weighted by atomic mass is 9.94. The first-order valence-electron chi connectivity index (χ1n) is 15.8. The van der Waals surface area contributed by atoms with Crippen molar-refractivity contribution >= 4 is 5.97 Å². The molecule has 1 atom stereocenters. The summed E-state index contributed by atoms with van der Waals surface area (Å²) in [6.07, 6.45) is 34.1. The van der Waals surface area contributed by atoms with Crippen LogP contribution in [-0.4, -0.2) is 11.1 Å². The molecule has 0 spiro atoms. The summed E-state index contributed by atoms with van der Waals surface area (Å²) in [6.45, 7) is 6.92. The van der Waals surface area contributed by atoms with E-state index in [0.717, 1.165) is 31.6 Å². The van der Waals surface area contributed by atoms with Gasteiger partial charge in [-0.1, -0.05) is 175 Å². The summed E-state index contributed by atoms with van der Waals surface area (Å²) in [4.78, 5) is 11.6. The van der Waals surface area contributed by atoms with Crippen molar-refractivity contribution in [3.05, 3.63) is 0 Å². The second-order valence-corrected chi connectivity index (χ2v) is 11.6. The van der Waals surface area contributed by atoms with Crippen LogP contribution in [0.3, 0.4) is 0 Å². The highest BCUT2D eigenvalue weighted by Crippen LogP contribution is 2.20. The van der Waals surface area contributed by atoms with Gasteiger partial charge < -0.3 is 5.11 Å².